The van der Waals surface area contributed by atoms with Crippen LogP contribution in [0.5, 0.6) is 5.75 Å². The zero-order valence-electron chi connectivity index (χ0n) is 10.0. The third-order valence-electron chi connectivity index (χ3n) is 3.29. The van der Waals surface area contributed by atoms with Gasteiger partial charge in [-0.1, -0.05) is 0 Å². The Hall–Kier alpha value is -0.780. The van der Waals surface area contributed by atoms with Crippen molar-refractivity contribution in [1.82, 2.24) is 5.32 Å². The summed E-state index contributed by atoms with van der Waals surface area (Å²) in [5.41, 5.74) is 0.656. The Labute approximate surface area is 115 Å². The van der Waals surface area contributed by atoms with E-state index in [1.165, 1.54) is 6.42 Å². The van der Waals surface area contributed by atoms with Crippen molar-refractivity contribution in [2.45, 2.75) is 31.7 Å². The van der Waals surface area contributed by atoms with E-state index in [4.69, 9.17) is 4.74 Å². The summed E-state index contributed by atoms with van der Waals surface area (Å²) >= 11 is 2.19. The van der Waals surface area contributed by atoms with E-state index >= 15 is 0 Å². The van der Waals surface area contributed by atoms with Gasteiger partial charge in [-0.2, -0.15) is 0 Å². The third kappa shape index (κ3) is 2.73. The molecule has 17 heavy (non-hydrogen) atoms. The first kappa shape index (κ1) is 12.7. The summed E-state index contributed by atoms with van der Waals surface area (Å²) in [6, 6.07) is 5.53. The van der Waals surface area contributed by atoms with E-state index < -0.39 is 0 Å². The highest BCUT2D eigenvalue weighted by Crippen LogP contribution is 2.31. The number of carbonyl (C=O) groups is 1. The van der Waals surface area contributed by atoms with Crippen molar-refractivity contribution < 1.29 is 9.53 Å². The van der Waals surface area contributed by atoms with Crippen LogP contribution >= 0.6 is 22.6 Å². The van der Waals surface area contributed by atoms with Crippen molar-refractivity contribution in [3.63, 3.8) is 0 Å². The predicted octanol–water partition coefficient (Wildman–Crippen LogP) is 2.97. The molecule has 1 aromatic carbocycles. The Balaban J connectivity index is 2.13. The predicted molar refractivity (Wildman–Crippen MR) is 75.4 cm³/mol. The second-order valence-electron chi connectivity index (χ2n) is 4.72. The van der Waals surface area contributed by atoms with E-state index in [1.54, 1.807) is 13.2 Å². The molecule has 1 aliphatic rings. The molecule has 0 heterocycles. The topological polar surface area (TPSA) is 38.3 Å². The number of halogens is 1. The Morgan fingerprint density at radius 1 is 1.47 bits per heavy atom. The molecule has 0 aromatic heterocycles. The van der Waals surface area contributed by atoms with E-state index in [-0.39, 0.29) is 11.4 Å². The lowest BCUT2D eigenvalue weighted by atomic mass is 9.78. The normalized spacial score (nSPS) is 17.1. The first-order valence-electron chi connectivity index (χ1n) is 5.70. The van der Waals surface area contributed by atoms with Gasteiger partial charge in [0, 0.05) is 11.1 Å². The van der Waals surface area contributed by atoms with Crippen LogP contribution in [0.3, 0.4) is 0 Å². The Morgan fingerprint density at radius 2 is 2.18 bits per heavy atom. The number of hydrogen-bond donors (Lipinski definition) is 1. The number of ether oxygens (including phenoxy) is 1. The standard InChI is InChI=1S/C13H16INO2/c1-13(6-3-7-13)15-12(16)9-4-5-10(14)11(8-9)17-2/h4-5,8H,3,6-7H2,1-2H3,(H,15,16). The van der Waals surface area contributed by atoms with E-state index in [2.05, 4.69) is 34.8 Å². The van der Waals surface area contributed by atoms with Gasteiger partial charge in [-0.25, -0.2) is 0 Å². The molecule has 1 saturated carbocycles. The first-order chi connectivity index (χ1) is 8.04. The van der Waals surface area contributed by atoms with Crippen molar-refractivity contribution in [3.8, 4) is 5.75 Å². The van der Waals surface area contributed by atoms with Crippen LogP contribution in [0.2, 0.25) is 0 Å². The zero-order chi connectivity index (χ0) is 12.5. The van der Waals surface area contributed by atoms with Gasteiger partial charge in [-0.3, -0.25) is 4.79 Å². The maximum atomic E-state index is 12.1. The molecule has 1 N–H and O–H groups in total. The number of nitrogens with one attached hydrogen (secondary N) is 1. The molecule has 0 bridgehead atoms. The molecular formula is C13H16INO2. The minimum atomic E-state index is -0.0121. The Bertz CT molecular complexity index is 441. The van der Waals surface area contributed by atoms with Gasteiger partial charge in [0.05, 0.1) is 10.7 Å². The fourth-order valence-corrected chi connectivity index (χ4v) is 2.54. The summed E-state index contributed by atoms with van der Waals surface area (Å²) in [6.07, 6.45) is 3.34. The molecule has 0 aliphatic heterocycles. The largest absolute Gasteiger partial charge is 0.496 e. The lowest BCUT2D eigenvalue weighted by Crippen LogP contribution is -2.50. The van der Waals surface area contributed by atoms with Crippen molar-refractivity contribution in [2.24, 2.45) is 0 Å². The van der Waals surface area contributed by atoms with Gasteiger partial charge in [-0.05, 0) is 67.0 Å². The smallest absolute Gasteiger partial charge is 0.251 e. The van der Waals surface area contributed by atoms with Crippen LogP contribution in [0.15, 0.2) is 18.2 Å². The molecule has 0 spiro atoms. The van der Waals surface area contributed by atoms with E-state index in [0.29, 0.717) is 5.56 Å². The second kappa shape index (κ2) is 4.84. The molecule has 0 radical (unpaired) electrons. The summed E-state index contributed by atoms with van der Waals surface area (Å²) in [7, 11) is 1.62. The average Bonchev–Trinajstić information content (AvgIpc) is 2.27. The van der Waals surface area contributed by atoms with Crippen LogP contribution in [0, 0.1) is 3.57 Å². The maximum Gasteiger partial charge on any atom is 0.251 e. The van der Waals surface area contributed by atoms with Crippen molar-refractivity contribution in [3.05, 3.63) is 27.3 Å². The first-order valence-corrected chi connectivity index (χ1v) is 6.78. The van der Waals surface area contributed by atoms with Crippen LogP contribution in [0.25, 0.3) is 0 Å². The monoisotopic (exact) mass is 345 g/mol. The number of amides is 1. The molecule has 2 rings (SSSR count). The molecule has 0 atom stereocenters. The molecule has 0 saturated heterocycles. The molecule has 92 valence electrons. The highest BCUT2D eigenvalue weighted by Gasteiger charge is 2.33. The van der Waals surface area contributed by atoms with Crippen molar-refractivity contribution in [1.29, 1.82) is 0 Å². The Morgan fingerprint density at radius 3 is 2.71 bits per heavy atom. The molecular weight excluding hydrogens is 329 g/mol. The fourth-order valence-electron chi connectivity index (χ4n) is 1.98. The quantitative estimate of drug-likeness (QED) is 0.856. The lowest BCUT2D eigenvalue weighted by Gasteiger charge is -2.39. The highest BCUT2D eigenvalue weighted by molar-refractivity contribution is 14.1. The second-order valence-corrected chi connectivity index (χ2v) is 5.88. The van der Waals surface area contributed by atoms with Crippen LogP contribution < -0.4 is 10.1 Å². The number of methoxy groups -OCH3 is 1. The van der Waals surface area contributed by atoms with Gasteiger partial charge in [0.2, 0.25) is 0 Å². The zero-order valence-corrected chi connectivity index (χ0v) is 12.2. The van der Waals surface area contributed by atoms with Crippen LogP contribution in [-0.4, -0.2) is 18.6 Å². The van der Waals surface area contributed by atoms with Crippen LogP contribution in [0.4, 0.5) is 0 Å². The van der Waals surface area contributed by atoms with E-state index in [0.717, 1.165) is 22.2 Å². The van der Waals surface area contributed by atoms with Crippen molar-refractivity contribution in [2.75, 3.05) is 7.11 Å². The Kier molecular flexibility index (Phi) is 3.61. The fraction of sp³-hybridized carbons (Fsp3) is 0.462. The van der Waals surface area contributed by atoms with Gasteiger partial charge >= 0.3 is 0 Å². The van der Waals surface area contributed by atoms with E-state index in [1.807, 2.05) is 12.1 Å². The van der Waals surface area contributed by atoms with Crippen LogP contribution in [0.1, 0.15) is 36.5 Å². The molecule has 3 nitrogen and oxygen atoms in total. The number of benzene rings is 1. The molecule has 0 unspecified atom stereocenters. The lowest BCUT2D eigenvalue weighted by molar-refractivity contribution is 0.0850. The summed E-state index contributed by atoms with van der Waals surface area (Å²) in [6.45, 7) is 2.10. The van der Waals surface area contributed by atoms with Crippen molar-refractivity contribution >= 4 is 28.5 Å². The molecule has 4 heteroatoms. The van der Waals surface area contributed by atoms with Gasteiger partial charge in [0.1, 0.15) is 5.75 Å². The van der Waals surface area contributed by atoms with Gasteiger partial charge < -0.3 is 10.1 Å². The van der Waals surface area contributed by atoms with E-state index in [9.17, 15) is 4.79 Å². The minimum Gasteiger partial charge on any atom is -0.496 e. The molecule has 1 amide bonds. The average molecular weight is 345 g/mol. The molecule has 1 aliphatic carbocycles. The van der Waals surface area contributed by atoms with Gasteiger partial charge in [0.15, 0.2) is 0 Å². The third-order valence-corrected chi connectivity index (χ3v) is 4.18. The number of carbonyl (C=O) groups excluding carboxylic acids is 1. The summed E-state index contributed by atoms with van der Waals surface area (Å²) in [5, 5.41) is 3.08. The molecule has 1 aromatic rings. The summed E-state index contributed by atoms with van der Waals surface area (Å²) < 4.78 is 6.23. The minimum absolute atomic E-state index is 0.00663. The number of hydrogen-bond acceptors (Lipinski definition) is 2. The van der Waals surface area contributed by atoms with Gasteiger partial charge in [0.25, 0.3) is 5.91 Å². The maximum absolute atomic E-state index is 12.1. The summed E-state index contributed by atoms with van der Waals surface area (Å²) in [4.78, 5) is 12.1. The van der Waals surface area contributed by atoms with Gasteiger partial charge in [-0.15, -0.1) is 0 Å². The summed E-state index contributed by atoms with van der Waals surface area (Å²) in [5.74, 6) is 0.735. The number of rotatable bonds is 3. The van der Waals surface area contributed by atoms with Crippen LogP contribution in [-0.2, 0) is 0 Å². The highest BCUT2D eigenvalue weighted by atomic mass is 127. The SMILES string of the molecule is COc1cc(C(=O)NC2(C)CCC2)ccc1I. The molecule has 1 fully saturated rings.